The van der Waals surface area contributed by atoms with Gasteiger partial charge >= 0.3 is 0 Å². The second-order valence-corrected chi connectivity index (χ2v) is 4.03. The highest BCUT2D eigenvalue weighted by atomic mass is 16.2. The standard InChI is InChI=1S/C13H15N3O/c1-16(11-6-4-5-10(14)9-11)13(17)12-7-2-3-8-15-12/h2-8,11H,9,14H2,1H3. The Bertz CT molecular complexity index is 465. The molecule has 17 heavy (non-hydrogen) atoms. The van der Waals surface area contributed by atoms with E-state index in [4.69, 9.17) is 5.73 Å². The first-order chi connectivity index (χ1) is 8.18. The first-order valence-corrected chi connectivity index (χ1v) is 5.49. The molecule has 1 unspecified atom stereocenters. The zero-order valence-corrected chi connectivity index (χ0v) is 9.71. The third-order valence-electron chi connectivity index (χ3n) is 2.79. The number of nitrogens with zero attached hydrogens (tertiary/aromatic N) is 2. The van der Waals surface area contributed by atoms with E-state index in [0.29, 0.717) is 12.1 Å². The molecule has 1 aliphatic rings. The van der Waals surface area contributed by atoms with E-state index in [1.54, 1.807) is 36.3 Å². The summed E-state index contributed by atoms with van der Waals surface area (Å²) >= 11 is 0. The summed E-state index contributed by atoms with van der Waals surface area (Å²) in [4.78, 5) is 17.8. The summed E-state index contributed by atoms with van der Waals surface area (Å²) < 4.78 is 0. The van der Waals surface area contributed by atoms with Gasteiger partial charge in [-0.15, -0.1) is 0 Å². The monoisotopic (exact) mass is 229 g/mol. The number of aromatic nitrogens is 1. The molecular weight excluding hydrogens is 214 g/mol. The van der Waals surface area contributed by atoms with Crippen LogP contribution in [0.5, 0.6) is 0 Å². The van der Waals surface area contributed by atoms with E-state index in [1.165, 1.54) is 0 Å². The van der Waals surface area contributed by atoms with Crippen molar-refractivity contribution in [2.75, 3.05) is 7.05 Å². The van der Waals surface area contributed by atoms with Gasteiger partial charge in [0, 0.05) is 25.4 Å². The molecule has 0 saturated carbocycles. The van der Waals surface area contributed by atoms with Crippen LogP contribution in [0.3, 0.4) is 0 Å². The Kier molecular flexibility index (Phi) is 3.23. The molecule has 1 heterocycles. The van der Waals surface area contributed by atoms with Crippen LogP contribution in [0.25, 0.3) is 0 Å². The molecule has 0 fully saturated rings. The molecule has 1 aromatic rings. The van der Waals surface area contributed by atoms with Crippen LogP contribution in [-0.4, -0.2) is 28.9 Å². The van der Waals surface area contributed by atoms with Gasteiger partial charge in [-0.25, -0.2) is 0 Å². The molecule has 1 aliphatic carbocycles. The highest BCUT2D eigenvalue weighted by Crippen LogP contribution is 2.15. The number of amides is 1. The number of hydrogen-bond donors (Lipinski definition) is 1. The third-order valence-corrected chi connectivity index (χ3v) is 2.79. The van der Waals surface area contributed by atoms with Gasteiger partial charge in [0.25, 0.3) is 5.91 Å². The molecular formula is C13H15N3O. The van der Waals surface area contributed by atoms with Crippen molar-refractivity contribution in [1.82, 2.24) is 9.88 Å². The number of nitrogens with two attached hydrogens (primary N) is 1. The molecule has 4 nitrogen and oxygen atoms in total. The average molecular weight is 229 g/mol. The van der Waals surface area contributed by atoms with Crippen LogP contribution in [0.2, 0.25) is 0 Å². The van der Waals surface area contributed by atoms with Crippen molar-refractivity contribution in [3.8, 4) is 0 Å². The molecule has 2 rings (SSSR count). The Labute approximate surface area is 100 Å². The predicted octanol–water partition coefficient (Wildman–Crippen LogP) is 1.32. The van der Waals surface area contributed by atoms with Gasteiger partial charge in [0.05, 0.1) is 6.04 Å². The topological polar surface area (TPSA) is 59.2 Å². The van der Waals surface area contributed by atoms with Crippen LogP contribution in [0.4, 0.5) is 0 Å². The molecule has 0 aromatic carbocycles. The lowest BCUT2D eigenvalue weighted by Crippen LogP contribution is -2.37. The Hall–Kier alpha value is -2.10. The smallest absolute Gasteiger partial charge is 0.272 e. The van der Waals surface area contributed by atoms with Gasteiger partial charge in [-0.1, -0.05) is 18.2 Å². The summed E-state index contributed by atoms with van der Waals surface area (Å²) in [5.41, 5.74) is 7.00. The second kappa shape index (κ2) is 4.82. The highest BCUT2D eigenvalue weighted by Gasteiger charge is 2.21. The largest absolute Gasteiger partial charge is 0.402 e. The van der Waals surface area contributed by atoms with Crippen LogP contribution >= 0.6 is 0 Å². The number of likely N-dealkylation sites (N-methyl/N-ethyl adjacent to an activating group) is 1. The molecule has 0 saturated heterocycles. The maximum Gasteiger partial charge on any atom is 0.272 e. The van der Waals surface area contributed by atoms with Crippen LogP contribution in [0, 0.1) is 0 Å². The predicted molar refractivity (Wildman–Crippen MR) is 66.1 cm³/mol. The van der Waals surface area contributed by atoms with E-state index in [-0.39, 0.29) is 11.9 Å². The minimum Gasteiger partial charge on any atom is -0.402 e. The fourth-order valence-electron chi connectivity index (χ4n) is 1.77. The third kappa shape index (κ3) is 2.53. The molecule has 0 aliphatic heterocycles. The Balaban J connectivity index is 2.11. The van der Waals surface area contributed by atoms with Crippen molar-refractivity contribution in [1.29, 1.82) is 0 Å². The summed E-state index contributed by atoms with van der Waals surface area (Å²) in [7, 11) is 1.77. The van der Waals surface area contributed by atoms with Crippen molar-refractivity contribution < 1.29 is 4.79 Å². The van der Waals surface area contributed by atoms with Gasteiger partial charge < -0.3 is 10.6 Å². The average Bonchev–Trinajstić information content (AvgIpc) is 2.38. The Morgan fingerprint density at radius 3 is 3.00 bits per heavy atom. The van der Waals surface area contributed by atoms with Gasteiger partial charge in [0.1, 0.15) is 5.69 Å². The zero-order chi connectivity index (χ0) is 12.3. The maximum absolute atomic E-state index is 12.1. The van der Waals surface area contributed by atoms with Gasteiger partial charge in [0.15, 0.2) is 0 Å². The molecule has 0 radical (unpaired) electrons. The lowest BCUT2D eigenvalue weighted by molar-refractivity contribution is 0.0753. The van der Waals surface area contributed by atoms with E-state index < -0.39 is 0 Å². The van der Waals surface area contributed by atoms with E-state index in [1.807, 2.05) is 18.2 Å². The van der Waals surface area contributed by atoms with Crippen LogP contribution in [0.1, 0.15) is 16.9 Å². The summed E-state index contributed by atoms with van der Waals surface area (Å²) in [6.07, 6.45) is 8.00. The van der Waals surface area contributed by atoms with Crippen molar-refractivity contribution in [3.05, 3.63) is 54.0 Å². The molecule has 1 aromatic heterocycles. The van der Waals surface area contributed by atoms with Crippen LogP contribution in [0.15, 0.2) is 48.3 Å². The number of hydrogen-bond acceptors (Lipinski definition) is 3. The number of allylic oxidation sites excluding steroid dienone is 2. The highest BCUT2D eigenvalue weighted by molar-refractivity contribution is 5.92. The zero-order valence-electron chi connectivity index (χ0n) is 9.71. The van der Waals surface area contributed by atoms with E-state index in [0.717, 1.165) is 5.70 Å². The van der Waals surface area contributed by atoms with Gasteiger partial charge in [-0.2, -0.15) is 0 Å². The van der Waals surface area contributed by atoms with Gasteiger partial charge in [0.2, 0.25) is 0 Å². The minimum absolute atomic E-state index is 0.00880. The fraction of sp³-hybridized carbons (Fsp3) is 0.231. The number of rotatable bonds is 2. The summed E-state index contributed by atoms with van der Waals surface area (Å²) in [5, 5.41) is 0. The van der Waals surface area contributed by atoms with E-state index >= 15 is 0 Å². The van der Waals surface area contributed by atoms with Gasteiger partial charge in [-0.3, -0.25) is 9.78 Å². The molecule has 0 bridgehead atoms. The van der Waals surface area contributed by atoms with E-state index in [2.05, 4.69) is 4.98 Å². The number of pyridine rings is 1. The lowest BCUT2D eigenvalue weighted by atomic mass is 10.0. The number of carbonyl (C=O) groups excluding carboxylic acids is 1. The maximum atomic E-state index is 12.1. The number of carbonyl (C=O) groups is 1. The molecule has 88 valence electrons. The quantitative estimate of drug-likeness (QED) is 0.832. The molecule has 1 atom stereocenters. The van der Waals surface area contributed by atoms with Crippen LogP contribution < -0.4 is 5.73 Å². The first kappa shape index (κ1) is 11.4. The Morgan fingerprint density at radius 1 is 1.53 bits per heavy atom. The first-order valence-electron chi connectivity index (χ1n) is 5.49. The summed E-state index contributed by atoms with van der Waals surface area (Å²) in [6, 6.07) is 5.32. The van der Waals surface area contributed by atoms with Crippen molar-refractivity contribution in [3.63, 3.8) is 0 Å². The summed E-state index contributed by atoms with van der Waals surface area (Å²) in [6.45, 7) is 0. The Morgan fingerprint density at radius 2 is 2.35 bits per heavy atom. The molecule has 2 N–H and O–H groups in total. The molecule has 1 amide bonds. The van der Waals surface area contributed by atoms with Crippen molar-refractivity contribution in [2.24, 2.45) is 5.73 Å². The summed E-state index contributed by atoms with van der Waals surface area (Å²) in [5.74, 6) is -0.0880. The second-order valence-electron chi connectivity index (χ2n) is 4.03. The fourth-order valence-corrected chi connectivity index (χ4v) is 1.77. The SMILES string of the molecule is CN(C(=O)c1ccccn1)C1C=CC=C(N)C1. The van der Waals surface area contributed by atoms with E-state index in [9.17, 15) is 4.79 Å². The normalized spacial score (nSPS) is 18.6. The molecule has 0 spiro atoms. The van der Waals surface area contributed by atoms with Crippen LogP contribution in [-0.2, 0) is 0 Å². The minimum atomic E-state index is -0.0880. The van der Waals surface area contributed by atoms with Crippen molar-refractivity contribution in [2.45, 2.75) is 12.5 Å². The van der Waals surface area contributed by atoms with Crippen molar-refractivity contribution >= 4 is 5.91 Å². The lowest BCUT2D eigenvalue weighted by Gasteiger charge is -2.27. The molecule has 4 heteroatoms. The van der Waals surface area contributed by atoms with Gasteiger partial charge in [-0.05, 0) is 18.2 Å².